The maximum atomic E-state index is 13.6. The van der Waals surface area contributed by atoms with Crippen LogP contribution in [0.1, 0.15) is 10.4 Å². The molecule has 3 aromatic rings. The highest BCUT2D eigenvalue weighted by molar-refractivity contribution is 8.13. The highest BCUT2D eigenvalue weighted by Crippen LogP contribution is 2.29. The zero-order valence-electron chi connectivity index (χ0n) is 13.4. The third-order valence-electron chi connectivity index (χ3n) is 3.74. The van der Waals surface area contributed by atoms with Crippen molar-refractivity contribution in [2.24, 2.45) is 5.73 Å². The van der Waals surface area contributed by atoms with Crippen LogP contribution in [0.5, 0.6) is 0 Å². The average molecular weight is 357 g/mol. The van der Waals surface area contributed by atoms with Gasteiger partial charge in [-0.3, -0.25) is 15.9 Å². The molecule has 1 aromatic heterocycles. The normalized spacial score (nSPS) is 10.8. The fourth-order valence-electron chi connectivity index (χ4n) is 2.64. The van der Waals surface area contributed by atoms with E-state index in [0.29, 0.717) is 13.1 Å². The molecular formula is C18H18FN4OS+. The Morgan fingerprint density at radius 1 is 1.20 bits per heavy atom. The number of aromatic nitrogens is 1. The van der Waals surface area contributed by atoms with Crippen molar-refractivity contribution in [3.8, 4) is 0 Å². The summed E-state index contributed by atoms with van der Waals surface area (Å²) in [5.74, 6) is -0.956. The van der Waals surface area contributed by atoms with Gasteiger partial charge in [-0.05, 0) is 30.0 Å². The third kappa shape index (κ3) is 3.83. The number of hydrogen-bond acceptors (Lipinski definition) is 2. The Labute approximate surface area is 148 Å². The number of nitrogens with zero attached hydrogens (tertiary/aromatic N) is 1. The van der Waals surface area contributed by atoms with Gasteiger partial charge in [0.15, 0.2) is 0 Å². The molecule has 0 bridgehead atoms. The van der Waals surface area contributed by atoms with Crippen LogP contribution in [0.2, 0.25) is 0 Å². The van der Waals surface area contributed by atoms with E-state index in [-0.39, 0.29) is 10.7 Å². The van der Waals surface area contributed by atoms with Crippen molar-refractivity contribution >= 4 is 33.7 Å². The molecule has 5 nitrogen and oxygen atoms in total. The minimum atomic E-state index is -0.529. The van der Waals surface area contributed by atoms with Crippen molar-refractivity contribution in [3.05, 3.63) is 66.1 Å². The van der Waals surface area contributed by atoms with E-state index in [2.05, 4.69) is 5.32 Å². The second-order valence-corrected chi connectivity index (χ2v) is 6.56. The lowest BCUT2D eigenvalue weighted by atomic mass is 10.2. The first-order chi connectivity index (χ1) is 12.1. The summed E-state index contributed by atoms with van der Waals surface area (Å²) in [7, 11) is 0. The summed E-state index contributed by atoms with van der Waals surface area (Å²) in [4.78, 5) is 13.0. The molecule has 25 heavy (non-hydrogen) atoms. The monoisotopic (exact) mass is 357 g/mol. The molecule has 0 atom stereocenters. The van der Waals surface area contributed by atoms with Crippen LogP contribution in [-0.2, 0) is 6.54 Å². The molecule has 128 valence electrons. The van der Waals surface area contributed by atoms with Crippen LogP contribution in [0.3, 0.4) is 0 Å². The minimum Gasteiger partial charge on any atom is -0.350 e. The number of fused-ring (bicyclic) bond motifs is 1. The van der Waals surface area contributed by atoms with Gasteiger partial charge in [-0.1, -0.05) is 30.3 Å². The molecule has 7 heteroatoms. The van der Waals surface area contributed by atoms with Gasteiger partial charge in [-0.25, -0.2) is 4.39 Å². The Morgan fingerprint density at radius 2 is 1.92 bits per heavy atom. The van der Waals surface area contributed by atoms with Crippen molar-refractivity contribution in [2.75, 3.05) is 6.54 Å². The standard InChI is InChI=1S/C18H17FN4OS/c19-14-7-3-1-5-12(14)17(24)22-9-10-23-11-16(25-18(20)21)13-6-2-4-8-15(13)23/h1-8,11H,9-10H2,(H3,20,21)(H,22,24)/p+1. The predicted molar refractivity (Wildman–Crippen MR) is 97.6 cm³/mol. The van der Waals surface area contributed by atoms with Gasteiger partial charge in [-0.15, -0.1) is 0 Å². The summed E-state index contributed by atoms with van der Waals surface area (Å²) in [6, 6.07) is 13.8. The summed E-state index contributed by atoms with van der Waals surface area (Å²) < 4.78 is 15.6. The summed E-state index contributed by atoms with van der Waals surface area (Å²) in [5.41, 5.74) is 6.66. The Bertz CT molecular complexity index is 938. The number of nitrogens with two attached hydrogens (primary N) is 2. The van der Waals surface area contributed by atoms with Gasteiger partial charge in [0.2, 0.25) is 0 Å². The number of nitrogens with one attached hydrogen (secondary N) is 1. The van der Waals surface area contributed by atoms with Crippen LogP contribution in [0, 0.1) is 5.82 Å². The highest BCUT2D eigenvalue weighted by Gasteiger charge is 2.13. The van der Waals surface area contributed by atoms with Crippen molar-refractivity contribution in [1.29, 1.82) is 0 Å². The molecule has 0 aliphatic rings. The van der Waals surface area contributed by atoms with Crippen molar-refractivity contribution in [3.63, 3.8) is 0 Å². The summed E-state index contributed by atoms with van der Waals surface area (Å²) in [5, 5.41) is 9.66. The zero-order chi connectivity index (χ0) is 17.8. The number of benzene rings is 2. The molecule has 0 spiro atoms. The fraction of sp³-hybridized carbons (Fsp3) is 0.111. The first-order valence-electron chi connectivity index (χ1n) is 7.72. The molecule has 0 aliphatic heterocycles. The molecule has 1 amide bonds. The summed E-state index contributed by atoms with van der Waals surface area (Å²) in [6.45, 7) is 0.920. The van der Waals surface area contributed by atoms with Crippen LogP contribution >= 0.6 is 11.8 Å². The average Bonchev–Trinajstić information content (AvgIpc) is 2.93. The SMILES string of the molecule is NC(=[NH2+])Sc1cn(CCNC(=O)c2ccccc2F)c2ccccc12. The molecular weight excluding hydrogens is 339 g/mol. The van der Waals surface area contributed by atoms with Gasteiger partial charge in [0.1, 0.15) is 5.82 Å². The van der Waals surface area contributed by atoms with Crippen LogP contribution in [0.25, 0.3) is 10.9 Å². The highest BCUT2D eigenvalue weighted by atomic mass is 32.2. The molecule has 0 radical (unpaired) electrons. The predicted octanol–water partition coefficient (Wildman–Crippen LogP) is 1.38. The Kier molecular flexibility index (Phi) is 5.04. The van der Waals surface area contributed by atoms with E-state index in [0.717, 1.165) is 15.8 Å². The molecule has 0 saturated carbocycles. The Hall–Kier alpha value is -2.80. The number of halogens is 1. The number of hydrogen-bond donors (Lipinski definition) is 3. The van der Waals surface area contributed by atoms with E-state index in [9.17, 15) is 9.18 Å². The number of thioether (sulfide) groups is 1. The third-order valence-corrected chi connectivity index (χ3v) is 4.52. The van der Waals surface area contributed by atoms with Crippen LogP contribution in [0.4, 0.5) is 4.39 Å². The van der Waals surface area contributed by atoms with E-state index in [4.69, 9.17) is 11.1 Å². The first kappa shape index (κ1) is 17.0. The van der Waals surface area contributed by atoms with Crippen molar-refractivity contribution in [1.82, 2.24) is 9.88 Å². The molecule has 0 fully saturated rings. The number of amides is 1. The van der Waals surface area contributed by atoms with Gasteiger partial charge >= 0.3 is 5.17 Å². The molecule has 0 aliphatic carbocycles. The van der Waals surface area contributed by atoms with E-state index < -0.39 is 11.7 Å². The van der Waals surface area contributed by atoms with Crippen molar-refractivity contribution < 1.29 is 14.6 Å². The zero-order valence-corrected chi connectivity index (χ0v) is 14.2. The van der Waals surface area contributed by atoms with Gasteiger partial charge in [0, 0.05) is 35.1 Å². The van der Waals surface area contributed by atoms with E-state index in [1.165, 1.54) is 23.9 Å². The molecule has 3 rings (SSSR count). The van der Waals surface area contributed by atoms with Gasteiger partial charge < -0.3 is 9.88 Å². The van der Waals surface area contributed by atoms with Crippen LogP contribution in [-0.4, -0.2) is 22.2 Å². The smallest absolute Gasteiger partial charge is 0.304 e. The summed E-state index contributed by atoms with van der Waals surface area (Å²) >= 11 is 1.30. The molecule has 0 saturated heterocycles. The number of amidine groups is 1. The second-order valence-electron chi connectivity index (χ2n) is 5.44. The Morgan fingerprint density at radius 3 is 2.68 bits per heavy atom. The fourth-order valence-corrected chi connectivity index (χ4v) is 3.35. The first-order valence-corrected chi connectivity index (χ1v) is 8.54. The van der Waals surface area contributed by atoms with E-state index in [1.807, 2.05) is 35.0 Å². The van der Waals surface area contributed by atoms with E-state index >= 15 is 0 Å². The maximum Gasteiger partial charge on any atom is 0.304 e. The van der Waals surface area contributed by atoms with Crippen LogP contribution in [0.15, 0.2) is 59.6 Å². The maximum absolute atomic E-state index is 13.6. The van der Waals surface area contributed by atoms with Crippen molar-refractivity contribution in [2.45, 2.75) is 11.4 Å². The number of carbonyl (C=O) groups excluding carboxylic acids is 1. The van der Waals surface area contributed by atoms with Gasteiger partial charge in [-0.2, -0.15) is 0 Å². The number of rotatable bonds is 5. The molecule has 5 N–H and O–H groups in total. The molecule has 2 aromatic carbocycles. The lowest BCUT2D eigenvalue weighted by Gasteiger charge is -2.08. The second kappa shape index (κ2) is 7.40. The lowest BCUT2D eigenvalue weighted by molar-refractivity contribution is -0.110. The quantitative estimate of drug-likeness (QED) is 0.366. The molecule has 0 unspecified atom stereocenters. The summed E-state index contributed by atoms with van der Waals surface area (Å²) in [6.07, 6.45) is 1.95. The van der Waals surface area contributed by atoms with Crippen LogP contribution < -0.4 is 16.5 Å². The Balaban J connectivity index is 1.72. The number of carbonyl (C=O) groups is 1. The molecule has 1 heterocycles. The van der Waals surface area contributed by atoms with Gasteiger partial charge in [0.25, 0.3) is 5.91 Å². The largest absolute Gasteiger partial charge is 0.350 e. The minimum absolute atomic E-state index is 0.0432. The van der Waals surface area contributed by atoms with Gasteiger partial charge in [0.05, 0.1) is 5.56 Å². The lowest BCUT2D eigenvalue weighted by Crippen LogP contribution is -2.43. The topological polar surface area (TPSA) is 85.6 Å². The van der Waals surface area contributed by atoms with E-state index in [1.54, 1.807) is 12.1 Å². The number of para-hydroxylation sites is 1.